The summed E-state index contributed by atoms with van der Waals surface area (Å²) in [6.45, 7) is 1.50. The number of benzene rings is 3. The Balaban J connectivity index is 1.62. The van der Waals surface area contributed by atoms with Gasteiger partial charge in [0.25, 0.3) is 5.91 Å². The van der Waals surface area contributed by atoms with Crippen LogP contribution in [0.5, 0.6) is 0 Å². The molecule has 8 nitrogen and oxygen atoms in total. The SMILES string of the molecule is COC(=O)c1ccc2c(c1)NC(=O)C2C(=Nc1ccc(C(=O)NCCCN(C)C)cc1)c1ccccc1. The third-order valence-electron chi connectivity index (χ3n) is 6.10. The van der Waals surface area contributed by atoms with Gasteiger partial charge in [0.2, 0.25) is 5.91 Å². The van der Waals surface area contributed by atoms with E-state index in [9.17, 15) is 14.4 Å². The number of nitrogens with one attached hydrogen (secondary N) is 2. The molecule has 0 spiro atoms. The average molecular weight is 499 g/mol. The minimum atomic E-state index is -0.663. The van der Waals surface area contributed by atoms with Crippen LogP contribution in [0, 0.1) is 0 Å². The second-order valence-corrected chi connectivity index (χ2v) is 9.04. The molecule has 2 amide bonds. The van der Waals surface area contributed by atoms with E-state index in [4.69, 9.17) is 9.73 Å². The molecule has 190 valence electrons. The van der Waals surface area contributed by atoms with Crippen molar-refractivity contribution >= 4 is 34.9 Å². The Labute approximate surface area is 216 Å². The minimum Gasteiger partial charge on any atom is -0.465 e. The number of hydrogen-bond acceptors (Lipinski definition) is 6. The summed E-state index contributed by atoms with van der Waals surface area (Å²) < 4.78 is 4.80. The number of anilines is 1. The summed E-state index contributed by atoms with van der Waals surface area (Å²) in [6.07, 6.45) is 0.869. The van der Waals surface area contributed by atoms with Gasteiger partial charge in [-0.15, -0.1) is 0 Å². The van der Waals surface area contributed by atoms with Crippen LogP contribution in [0.15, 0.2) is 77.8 Å². The zero-order chi connectivity index (χ0) is 26.4. The highest BCUT2D eigenvalue weighted by molar-refractivity contribution is 6.24. The standard InChI is InChI=1S/C29H30N4O4/c1-33(2)17-7-16-30-27(34)20-10-13-22(14-11-20)31-26(19-8-5-4-6-9-19)25-23-15-12-21(29(36)37-3)18-24(23)32-28(25)35/h4-6,8-15,18,25H,7,16-17H2,1-3H3,(H,30,34)(H,32,35). The molecule has 0 aromatic heterocycles. The van der Waals surface area contributed by atoms with Gasteiger partial charge in [0, 0.05) is 17.8 Å². The fourth-order valence-corrected chi connectivity index (χ4v) is 4.21. The normalized spacial score (nSPS) is 14.8. The Morgan fingerprint density at radius 1 is 0.973 bits per heavy atom. The molecule has 0 radical (unpaired) electrons. The summed E-state index contributed by atoms with van der Waals surface area (Å²) in [5.41, 5.74) is 4.19. The number of fused-ring (bicyclic) bond motifs is 1. The molecule has 3 aromatic rings. The summed E-state index contributed by atoms with van der Waals surface area (Å²) >= 11 is 0. The molecule has 37 heavy (non-hydrogen) atoms. The van der Waals surface area contributed by atoms with Crippen molar-refractivity contribution in [2.24, 2.45) is 4.99 Å². The largest absolute Gasteiger partial charge is 0.465 e. The van der Waals surface area contributed by atoms with E-state index < -0.39 is 11.9 Å². The number of hydrogen-bond donors (Lipinski definition) is 2. The molecule has 8 heteroatoms. The molecule has 0 saturated carbocycles. The van der Waals surface area contributed by atoms with Crippen LogP contribution < -0.4 is 10.6 Å². The summed E-state index contributed by atoms with van der Waals surface area (Å²) in [5, 5.41) is 5.81. The maximum atomic E-state index is 13.1. The van der Waals surface area contributed by atoms with Crippen LogP contribution in [0.4, 0.5) is 11.4 Å². The van der Waals surface area contributed by atoms with Gasteiger partial charge in [-0.1, -0.05) is 36.4 Å². The second kappa shape index (κ2) is 11.6. The predicted molar refractivity (Wildman–Crippen MR) is 144 cm³/mol. The van der Waals surface area contributed by atoms with Gasteiger partial charge in [0.15, 0.2) is 0 Å². The Bertz CT molecular complexity index is 1320. The fourth-order valence-electron chi connectivity index (χ4n) is 4.21. The van der Waals surface area contributed by atoms with Gasteiger partial charge in [-0.2, -0.15) is 0 Å². The average Bonchev–Trinajstić information content (AvgIpc) is 3.24. The molecule has 1 heterocycles. The molecule has 1 unspecified atom stereocenters. The Hall–Kier alpha value is -4.30. The maximum absolute atomic E-state index is 13.1. The van der Waals surface area contributed by atoms with Crippen molar-refractivity contribution in [2.75, 3.05) is 39.6 Å². The maximum Gasteiger partial charge on any atom is 0.337 e. The van der Waals surface area contributed by atoms with Gasteiger partial charge in [-0.25, -0.2) is 4.79 Å². The van der Waals surface area contributed by atoms with Crippen molar-refractivity contribution < 1.29 is 19.1 Å². The molecule has 4 rings (SSSR count). The van der Waals surface area contributed by atoms with Crippen LogP contribution in [0.2, 0.25) is 0 Å². The number of carbonyl (C=O) groups is 3. The smallest absolute Gasteiger partial charge is 0.337 e. The van der Waals surface area contributed by atoms with Crippen molar-refractivity contribution in [3.63, 3.8) is 0 Å². The zero-order valence-corrected chi connectivity index (χ0v) is 21.2. The number of carbonyl (C=O) groups excluding carboxylic acids is 3. The van der Waals surface area contributed by atoms with Crippen molar-refractivity contribution in [3.8, 4) is 0 Å². The monoisotopic (exact) mass is 498 g/mol. The number of amides is 2. The number of rotatable bonds is 9. The number of aliphatic imine (C=N–C) groups is 1. The van der Waals surface area contributed by atoms with E-state index in [1.807, 2.05) is 44.4 Å². The molecule has 1 aliphatic rings. The summed E-state index contributed by atoms with van der Waals surface area (Å²) in [7, 11) is 5.31. The fraction of sp³-hybridized carbons (Fsp3) is 0.241. The van der Waals surface area contributed by atoms with Crippen molar-refractivity contribution in [1.82, 2.24) is 10.2 Å². The zero-order valence-electron chi connectivity index (χ0n) is 21.2. The molecule has 0 aliphatic carbocycles. The molecule has 2 N–H and O–H groups in total. The highest BCUT2D eigenvalue weighted by Gasteiger charge is 2.36. The van der Waals surface area contributed by atoms with Crippen molar-refractivity contribution in [3.05, 3.63) is 95.1 Å². The second-order valence-electron chi connectivity index (χ2n) is 9.04. The van der Waals surface area contributed by atoms with Crippen LogP contribution in [-0.2, 0) is 9.53 Å². The molecule has 0 saturated heterocycles. The van der Waals surface area contributed by atoms with Gasteiger partial charge >= 0.3 is 5.97 Å². The molecule has 1 aliphatic heterocycles. The summed E-state index contributed by atoms with van der Waals surface area (Å²) in [5.74, 6) is -1.50. The van der Waals surface area contributed by atoms with Crippen LogP contribution in [0.3, 0.4) is 0 Å². The van der Waals surface area contributed by atoms with E-state index in [-0.39, 0.29) is 11.8 Å². The van der Waals surface area contributed by atoms with E-state index in [2.05, 4.69) is 15.5 Å². The Kier molecular flexibility index (Phi) is 8.10. The molecular weight excluding hydrogens is 468 g/mol. The highest BCUT2D eigenvalue weighted by Crippen LogP contribution is 2.37. The van der Waals surface area contributed by atoms with E-state index in [0.29, 0.717) is 34.8 Å². The van der Waals surface area contributed by atoms with Crippen molar-refractivity contribution in [2.45, 2.75) is 12.3 Å². The lowest BCUT2D eigenvalue weighted by atomic mass is 9.90. The van der Waals surface area contributed by atoms with E-state index >= 15 is 0 Å². The third kappa shape index (κ3) is 6.10. The Morgan fingerprint density at radius 2 is 1.68 bits per heavy atom. The first-order valence-electron chi connectivity index (χ1n) is 12.1. The van der Waals surface area contributed by atoms with E-state index in [1.54, 1.807) is 42.5 Å². The molecule has 3 aromatic carbocycles. The number of esters is 1. The highest BCUT2D eigenvalue weighted by atomic mass is 16.5. The predicted octanol–water partition coefficient (Wildman–Crippen LogP) is 4.01. The lowest BCUT2D eigenvalue weighted by molar-refractivity contribution is -0.115. The minimum absolute atomic E-state index is 0.136. The van der Waals surface area contributed by atoms with Crippen LogP contribution >= 0.6 is 0 Å². The van der Waals surface area contributed by atoms with Gasteiger partial charge in [0.1, 0.15) is 5.92 Å². The topological polar surface area (TPSA) is 100 Å². The molecular formula is C29H30N4O4. The summed E-state index contributed by atoms with van der Waals surface area (Å²) in [6, 6.07) is 21.5. The third-order valence-corrected chi connectivity index (χ3v) is 6.10. The van der Waals surface area contributed by atoms with E-state index in [0.717, 1.165) is 24.1 Å². The van der Waals surface area contributed by atoms with Crippen LogP contribution in [0.1, 0.15) is 44.2 Å². The first-order chi connectivity index (χ1) is 17.9. The molecule has 0 fully saturated rings. The van der Waals surface area contributed by atoms with Crippen LogP contribution in [-0.4, -0.2) is 62.7 Å². The van der Waals surface area contributed by atoms with Gasteiger partial charge < -0.3 is 20.3 Å². The lowest BCUT2D eigenvalue weighted by Crippen LogP contribution is -2.27. The van der Waals surface area contributed by atoms with Gasteiger partial charge in [-0.05, 0) is 74.6 Å². The number of nitrogens with zero attached hydrogens (tertiary/aromatic N) is 2. The lowest BCUT2D eigenvalue weighted by Gasteiger charge is -2.14. The van der Waals surface area contributed by atoms with Gasteiger partial charge in [0.05, 0.1) is 24.1 Å². The number of methoxy groups -OCH3 is 1. The van der Waals surface area contributed by atoms with Crippen LogP contribution in [0.25, 0.3) is 0 Å². The van der Waals surface area contributed by atoms with Gasteiger partial charge in [-0.3, -0.25) is 14.6 Å². The quantitative estimate of drug-likeness (QED) is 0.264. The Morgan fingerprint density at radius 3 is 2.35 bits per heavy atom. The molecule has 0 bridgehead atoms. The first-order valence-corrected chi connectivity index (χ1v) is 12.1. The number of ether oxygens (including phenoxy) is 1. The summed E-state index contributed by atoms with van der Waals surface area (Å²) in [4.78, 5) is 44.5. The van der Waals surface area contributed by atoms with Crippen molar-refractivity contribution in [1.29, 1.82) is 0 Å². The van der Waals surface area contributed by atoms with E-state index in [1.165, 1.54) is 7.11 Å². The molecule has 1 atom stereocenters. The first kappa shape index (κ1) is 25.8.